The number of carbonyl (C=O) groups is 1. The van der Waals surface area contributed by atoms with Crippen molar-refractivity contribution in [3.63, 3.8) is 0 Å². The Bertz CT molecular complexity index is 238. The van der Waals surface area contributed by atoms with Crippen molar-refractivity contribution in [3.8, 4) is 0 Å². The van der Waals surface area contributed by atoms with Crippen molar-refractivity contribution >= 4 is 22.4 Å². The first-order valence-corrected chi connectivity index (χ1v) is 4.46. The van der Waals surface area contributed by atoms with E-state index in [4.69, 9.17) is 0 Å². The average molecular weight is 267 g/mol. The molecule has 0 fully saturated rings. The number of hydrogen-bond donors (Lipinski definition) is 0. The smallest absolute Gasteiger partial charge is 0.293 e. The van der Waals surface area contributed by atoms with Crippen LogP contribution in [-0.2, 0) is 9.53 Å². The van der Waals surface area contributed by atoms with Crippen LogP contribution in [0.5, 0.6) is 0 Å². The predicted octanol–water partition coefficient (Wildman–Crippen LogP) is 1.94. The van der Waals surface area contributed by atoms with Crippen LogP contribution in [0.15, 0.2) is 28.7 Å². The van der Waals surface area contributed by atoms with Crippen molar-refractivity contribution in [2.45, 2.75) is 6.92 Å². The van der Waals surface area contributed by atoms with Crippen LogP contribution in [0, 0.1) is 5.82 Å². The van der Waals surface area contributed by atoms with Gasteiger partial charge >= 0.3 is 0 Å². The van der Waals surface area contributed by atoms with E-state index in [0.29, 0.717) is 13.1 Å². The zero-order valence-electron chi connectivity index (χ0n) is 7.67. The van der Waals surface area contributed by atoms with Gasteiger partial charge in [0.05, 0.1) is 6.61 Å². The minimum atomic E-state index is -0.209. The molecule has 14 heavy (non-hydrogen) atoms. The second-order valence-electron chi connectivity index (χ2n) is 1.99. The maximum atomic E-state index is 12.1. The van der Waals surface area contributed by atoms with E-state index in [-0.39, 0.29) is 11.3 Å². The Morgan fingerprint density at radius 2 is 2.21 bits per heavy atom. The first kappa shape index (κ1) is 15.5. The molecule has 1 aromatic rings. The molecule has 2 N–H and O–H groups in total. The molecule has 0 aromatic heterocycles. The number of rotatable bonds is 2. The lowest BCUT2D eigenvalue weighted by Gasteiger charge is -1.85. The fourth-order valence-corrected chi connectivity index (χ4v) is 0.899. The molecule has 0 bridgehead atoms. The summed E-state index contributed by atoms with van der Waals surface area (Å²) in [6.07, 6.45) is 0. The highest BCUT2D eigenvalue weighted by atomic mass is 79.9. The molecule has 0 saturated heterocycles. The molecule has 0 aliphatic heterocycles. The van der Waals surface area contributed by atoms with Crippen LogP contribution >= 0.6 is 15.9 Å². The summed E-state index contributed by atoms with van der Waals surface area (Å²) in [5.41, 5.74) is 0. The molecule has 80 valence electrons. The van der Waals surface area contributed by atoms with Crippen molar-refractivity contribution < 1.29 is 19.4 Å². The maximum Gasteiger partial charge on any atom is 0.293 e. The molecule has 5 heteroatoms. The normalized spacial score (nSPS) is 7.64. The molecular weight excluding hydrogens is 255 g/mol. The molecule has 0 atom stereocenters. The van der Waals surface area contributed by atoms with Crippen LogP contribution in [0.3, 0.4) is 0 Å². The van der Waals surface area contributed by atoms with E-state index in [9.17, 15) is 9.18 Å². The second-order valence-corrected chi connectivity index (χ2v) is 2.91. The quantitative estimate of drug-likeness (QED) is 0.769. The summed E-state index contributed by atoms with van der Waals surface area (Å²) in [5.74, 6) is -0.209. The van der Waals surface area contributed by atoms with Gasteiger partial charge in [-0.05, 0) is 25.1 Å². The van der Waals surface area contributed by atoms with Gasteiger partial charge in [0.25, 0.3) is 6.47 Å². The number of hydrogen-bond acceptors (Lipinski definition) is 2. The molecule has 0 aliphatic rings. The van der Waals surface area contributed by atoms with Crippen molar-refractivity contribution in [3.05, 3.63) is 34.6 Å². The summed E-state index contributed by atoms with van der Waals surface area (Å²) in [5, 5.41) is 0. The number of benzene rings is 1. The number of ether oxygens (including phenoxy) is 1. The van der Waals surface area contributed by atoms with E-state index in [2.05, 4.69) is 20.7 Å². The Kier molecular flexibility index (Phi) is 11.3. The molecule has 1 aromatic carbocycles. The second kappa shape index (κ2) is 10.1. The molecule has 0 spiro atoms. The standard InChI is InChI=1S/C6H4BrF.C3H6O2.H2O/c7-5-2-1-3-6(8)4-5;1-2-5-3-4;/h1-4H;3H,2H2,1H3;1H2. The molecule has 3 nitrogen and oxygen atoms in total. The van der Waals surface area contributed by atoms with E-state index in [1.54, 1.807) is 19.1 Å². The minimum absolute atomic E-state index is 0. The topological polar surface area (TPSA) is 57.8 Å². The lowest BCUT2D eigenvalue weighted by molar-refractivity contribution is -0.128. The van der Waals surface area contributed by atoms with Gasteiger partial charge in [-0.15, -0.1) is 0 Å². The Morgan fingerprint density at radius 3 is 2.43 bits per heavy atom. The minimum Gasteiger partial charge on any atom is -0.468 e. The Balaban J connectivity index is 0. The molecule has 0 heterocycles. The lowest BCUT2D eigenvalue weighted by Crippen LogP contribution is -1.80. The Labute approximate surface area is 90.3 Å². The van der Waals surface area contributed by atoms with E-state index < -0.39 is 0 Å². The fourth-order valence-electron chi connectivity index (χ4n) is 0.528. The van der Waals surface area contributed by atoms with Crippen molar-refractivity contribution in [1.82, 2.24) is 0 Å². The average Bonchev–Trinajstić information content (AvgIpc) is 2.06. The molecule has 0 saturated carbocycles. The molecular formula is C9H12BrFO3. The predicted molar refractivity (Wildman–Crippen MR) is 55.4 cm³/mol. The van der Waals surface area contributed by atoms with Crippen LogP contribution in [0.1, 0.15) is 6.92 Å². The van der Waals surface area contributed by atoms with E-state index in [0.717, 1.165) is 4.47 Å². The molecule has 0 unspecified atom stereocenters. The van der Waals surface area contributed by atoms with Gasteiger partial charge in [0.15, 0.2) is 0 Å². The van der Waals surface area contributed by atoms with Crippen LogP contribution in [0.25, 0.3) is 0 Å². The van der Waals surface area contributed by atoms with Crippen LogP contribution in [0.4, 0.5) is 4.39 Å². The summed E-state index contributed by atoms with van der Waals surface area (Å²) < 4.78 is 17.1. The van der Waals surface area contributed by atoms with Gasteiger partial charge in [-0.2, -0.15) is 0 Å². The van der Waals surface area contributed by atoms with Crippen molar-refractivity contribution in [2.75, 3.05) is 6.61 Å². The van der Waals surface area contributed by atoms with Crippen molar-refractivity contribution in [1.29, 1.82) is 0 Å². The maximum absolute atomic E-state index is 12.1. The number of halogens is 2. The Morgan fingerprint density at radius 1 is 1.57 bits per heavy atom. The highest BCUT2D eigenvalue weighted by molar-refractivity contribution is 9.10. The van der Waals surface area contributed by atoms with Gasteiger partial charge in [-0.3, -0.25) is 4.79 Å². The van der Waals surface area contributed by atoms with Crippen LogP contribution in [-0.4, -0.2) is 18.6 Å². The summed E-state index contributed by atoms with van der Waals surface area (Å²) >= 11 is 3.12. The van der Waals surface area contributed by atoms with Crippen LogP contribution < -0.4 is 0 Å². The van der Waals surface area contributed by atoms with E-state index in [1.165, 1.54) is 12.1 Å². The van der Waals surface area contributed by atoms with Gasteiger partial charge in [-0.1, -0.05) is 22.0 Å². The van der Waals surface area contributed by atoms with Crippen molar-refractivity contribution in [2.24, 2.45) is 0 Å². The Hall–Kier alpha value is -0.940. The SMILES string of the molecule is CCOC=O.Fc1cccc(Br)c1.O. The first-order valence-electron chi connectivity index (χ1n) is 3.67. The third-order valence-electron chi connectivity index (χ3n) is 1.02. The van der Waals surface area contributed by atoms with E-state index in [1.807, 2.05) is 0 Å². The largest absolute Gasteiger partial charge is 0.468 e. The summed E-state index contributed by atoms with van der Waals surface area (Å²) in [4.78, 5) is 9.18. The third-order valence-corrected chi connectivity index (χ3v) is 1.51. The van der Waals surface area contributed by atoms with Gasteiger partial charge in [-0.25, -0.2) is 4.39 Å². The third kappa shape index (κ3) is 9.15. The van der Waals surface area contributed by atoms with Gasteiger partial charge in [0, 0.05) is 4.47 Å². The first-order chi connectivity index (χ1) is 6.20. The van der Waals surface area contributed by atoms with E-state index >= 15 is 0 Å². The fraction of sp³-hybridized carbons (Fsp3) is 0.222. The summed E-state index contributed by atoms with van der Waals surface area (Å²) in [6, 6.07) is 6.26. The molecule has 0 aliphatic carbocycles. The van der Waals surface area contributed by atoms with Gasteiger partial charge < -0.3 is 10.2 Å². The number of carbonyl (C=O) groups excluding carboxylic acids is 1. The molecule has 0 amide bonds. The summed E-state index contributed by atoms with van der Waals surface area (Å²) in [6.45, 7) is 2.66. The van der Waals surface area contributed by atoms with Gasteiger partial charge in [0.2, 0.25) is 0 Å². The van der Waals surface area contributed by atoms with Gasteiger partial charge in [0.1, 0.15) is 5.82 Å². The van der Waals surface area contributed by atoms with Crippen LogP contribution in [0.2, 0.25) is 0 Å². The zero-order valence-corrected chi connectivity index (χ0v) is 9.25. The zero-order chi connectivity index (χ0) is 10.1. The highest BCUT2D eigenvalue weighted by Crippen LogP contribution is 2.09. The molecule has 1 rings (SSSR count). The molecule has 0 radical (unpaired) electrons. The monoisotopic (exact) mass is 266 g/mol. The lowest BCUT2D eigenvalue weighted by atomic mass is 10.4. The summed E-state index contributed by atoms with van der Waals surface area (Å²) in [7, 11) is 0. The highest BCUT2D eigenvalue weighted by Gasteiger charge is 1.86.